The Labute approximate surface area is 181 Å². The standard InChI is InChI=1S/C21H20F4N2O5/c1-12-7-5-8-14(19(27-30-4)20(28)29-3)15(12)11-31-26-13(2)18-16(22)9-6-10-17(18)32-21(23,24)25/h5-10H,11H2,1-4H3/b26-13+,27-19+. The topological polar surface area (TPSA) is 78.7 Å². The molecule has 0 heterocycles. The SMILES string of the molecule is CO/N=C(/C(=O)OC)c1cccc(C)c1CO/N=C(\C)c1c(F)cccc1OC(F)(F)F. The zero-order valence-corrected chi connectivity index (χ0v) is 17.6. The number of aryl methyl sites for hydroxylation is 1. The Morgan fingerprint density at radius 1 is 1.06 bits per heavy atom. The number of hydrogen-bond acceptors (Lipinski definition) is 7. The Hall–Kier alpha value is -3.63. The third kappa shape index (κ3) is 6.19. The molecule has 0 aliphatic rings. The van der Waals surface area contributed by atoms with E-state index in [1.54, 1.807) is 25.1 Å². The number of methoxy groups -OCH3 is 1. The van der Waals surface area contributed by atoms with E-state index >= 15 is 0 Å². The van der Waals surface area contributed by atoms with Crippen LogP contribution >= 0.6 is 0 Å². The molecule has 2 rings (SSSR count). The predicted molar refractivity (Wildman–Crippen MR) is 107 cm³/mol. The number of carbonyl (C=O) groups excluding carboxylic acids is 1. The fourth-order valence-corrected chi connectivity index (χ4v) is 2.80. The minimum atomic E-state index is -5.01. The molecule has 0 N–H and O–H groups in total. The lowest BCUT2D eigenvalue weighted by atomic mass is 9.99. The lowest BCUT2D eigenvalue weighted by Crippen LogP contribution is -2.20. The average Bonchev–Trinajstić information content (AvgIpc) is 2.71. The second-order valence-electron chi connectivity index (χ2n) is 6.33. The van der Waals surface area contributed by atoms with Gasteiger partial charge in [0, 0.05) is 11.1 Å². The molecule has 0 amide bonds. The van der Waals surface area contributed by atoms with Crippen LogP contribution in [0.1, 0.15) is 29.2 Å². The van der Waals surface area contributed by atoms with Crippen molar-refractivity contribution in [3.63, 3.8) is 0 Å². The van der Waals surface area contributed by atoms with E-state index in [0.29, 0.717) is 16.7 Å². The molecule has 0 fully saturated rings. The van der Waals surface area contributed by atoms with E-state index in [-0.39, 0.29) is 18.0 Å². The second kappa shape index (κ2) is 10.6. The highest BCUT2D eigenvalue weighted by Crippen LogP contribution is 2.29. The van der Waals surface area contributed by atoms with Gasteiger partial charge in [-0.25, -0.2) is 9.18 Å². The number of nitrogens with zero attached hydrogens (tertiary/aromatic N) is 2. The minimum absolute atomic E-state index is 0.118. The van der Waals surface area contributed by atoms with E-state index < -0.39 is 29.5 Å². The molecule has 2 aromatic carbocycles. The average molecular weight is 456 g/mol. The van der Waals surface area contributed by atoms with E-state index in [2.05, 4.69) is 15.0 Å². The van der Waals surface area contributed by atoms with Crippen molar-refractivity contribution in [2.24, 2.45) is 10.3 Å². The van der Waals surface area contributed by atoms with Crippen molar-refractivity contribution >= 4 is 17.4 Å². The molecular weight excluding hydrogens is 436 g/mol. The fourth-order valence-electron chi connectivity index (χ4n) is 2.80. The Morgan fingerprint density at radius 3 is 2.38 bits per heavy atom. The van der Waals surface area contributed by atoms with E-state index in [0.717, 1.165) is 18.2 Å². The summed E-state index contributed by atoms with van der Waals surface area (Å²) >= 11 is 0. The second-order valence-corrected chi connectivity index (χ2v) is 6.33. The molecule has 7 nitrogen and oxygen atoms in total. The van der Waals surface area contributed by atoms with Gasteiger partial charge in [-0.2, -0.15) is 0 Å². The number of esters is 1. The molecule has 0 atom stereocenters. The van der Waals surface area contributed by atoms with Crippen LogP contribution in [0, 0.1) is 12.7 Å². The Morgan fingerprint density at radius 2 is 1.75 bits per heavy atom. The number of alkyl halides is 3. The summed E-state index contributed by atoms with van der Waals surface area (Å²) in [6.45, 7) is 2.81. The van der Waals surface area contributed by atoms with Crippen LogP contribution in [0.15, 0.2) is 46.7 Å². The largest absolute Gasteiger partial charge is 0.573 e. The summed E-state index contributed by atoms with van der Waals surface area (Å²) in [5.41, 5.74) is 0.745. The highest BCUT2D eigenvalue weighted by Gasteiger charge is 2.33. The molecule has 0 saturated carbocycles. The fraction of sp³-hybridized carbons (Fsp3) is 0.286. The Balaban J connectivity index is 2.35. The van der Waals surface area contributed by atoms with Gasteiger partial charge >= 0.3 is 12.3 Å². The van der Waals surface area contributed by atoms with Gasteiger partial charge < -0.3 is 19.1 Å². The molecule has 0 bridgehead atoms. The minimum Gasteiger partial charge on any atom is -0.464 e. The maximum atomic E-state index is 14.2. The monoisotopic (exact) mass is 456 g/mol. The highest BCUT2D eigenvalue weighted by molar-refractivity contribution is 6.43. The van der Waals surface area contributed by atoms with E-state index in [1.807, 2.05) is 0 Å². The molecule has 0 radical (unpaired) electrons. The molecule has 0 aromatic heterocycles. The summed E-state index contributed by atoms with van der Waals surface area (Å²) in [6, 6.07) is 8.03. The van der Waals surface area contributed by atoms with E-state index in [9.17, 15) is 22.4 Å². The van der Waals surface area contributed by atoms with Crippen LogP contribution in [0.3, 0.4) is 0 Å². The third-order valence-corrected chi connectivity index (χ3v) is 4.20. The first-order valence-electron chi connectivity index (χ1n) is 9.08. The number of hydrogen-bond donors (Lipinski definition) is 0. The molecule has 0 aliphatic carbocycles. The maximum Gasteiger partial charge on any atom is 0.573 e. The van der Waals surface area contributed by atoms with Gasteiger partial charge in [0.25, 0.3) is 0 Å². The van der Waals surface area contributed by atoms with E-state index in [4.69, 9.17) is 14.4 Å². The summed E-state index contributed by atoms with van der Waals surface area (Å²) in [4.78, 5) is 22.1. The molecule has 11 heteroatoms. The molecule has 0 unspecified atom stereocenters. The van der Waals surface area contributed by atoms with Crippen molar-refractivity contribution in [2.75, 3.05) is 14.2 Å². The molecule has 32 heavy (non-hydrogen) atoms. The van der Waals surface area contributed by atoms with Crippen LogP contribution in [-0.4, -0.2) is 38.0 Å². The number of benzene rings is 2. The first kappa shape index (κ1) is 24.6. The zero-order valence-electron chi connectivity index (χ0n) is 17.6. The first-order chi connectivity index (χ1) is 15.1. The van der Waals surface area contributed by atoms with Gasteiger partial charge in [-0.1, -0.05) is 34.6 Å². The summed E-state index contributed by atoms with van der Waals surface area (Å²) < 4.78 is 60.7. The number of oxime groups is 2. The first-order valence-corrected chi connectivity index (χ1v) is 9.08. The van der Waals surface area contributed by atoms with Crippen LogP contribution in [-0.2, 0) is 25.8 Å². The lowest BCUT2D eigenvalue weighted by Gasteiger charge is -2.14. The molecule has 0 aliphatic heterocycles. The molecule has 0 saturated heterocycles. The summed E-state index contributed by atoms with van der Waals surface area (Å²) in [6.07, 6.45) is -5.01. The molecular formula is C21H20F4N2O5. The van der Waals surface area contributed by atoms with E-state index in [1.165, 1.54) is 21.1 Å². The van der Waals surface area contributed by atoms with Gasteiger partial charge in [-0.15, -0.1) is 13.2 Å². The summed E-state index contributed by atoms with van der Waals surface area (Å²) in [7, 11) is 2.44. The molecule has 172 valence electrons. The maximum absolute atomic E-state index is 14.2. The van der Waals surface area contributed by atoms with Crippen molar-refractivity contribution in [3.05, 3.63) is 64.5 Å². The van der Waals surface area contributed by atoms with Crippen LogP contribution in [0.25, 0.3) is 0 Å². The predicted octanol–water partition coefficient (Wildman–Crippen LogP) is 4.50. The zero-order chi connectivity index (χ0) is 23.9. The third-order valence-electron chi connectivity index (χ3n) is 4.20. The summed E-state index contributed by atoms with van der Waals surface area (Å²) in [5, 5.41) is 7.43. The smallest absolute Gasteiger partial charge is 0.464 e. The quantitative estimate of drug-likeness (QED) is 0.253. The number of rotatable bonds is 8. The lowest BCUT2D eigenvalue weighted by molar-refractivity contribution is -0.274. The van der Waals surface area contributed by atoms with Crippen molar-refractivity contribution in [1.29, 1.82) is 0 Å². The van der Waals surface area contributed by atoms with Gasteiger partial charge in [0.15, 0.2) is 5.71 Å². The van der Waals surface area contributed by atoms with Gasteiger partial charge in [0.05, 0.1) is 18.4 Å². The summed E-state index contributed by atoms with van der Waals surface area (Å²) in [5.74, 6) is -2.47. The number of halogens is 4. The van der Waals surface area contributed by atoms with Crippen LogP contribution in [0.4, 0.5) is 17.6 Å². The Kier molecular flexibility index (Phi) is 8.16. The van der Waals surface area contributed by atoms with Crippen molar-refractivity contribution < 1.29 is 41.5 Å². The number of ether oxygens (including phenoxy) is 2. The molecule has 0 spiro atoms. The van der Waals surface area contributed by atoms with Crippen LogP contribution in [0.2, 0.25) is 0 Å². The van der Waals surface area contributed by atoms with Crippen molar-refractivity contribution in [1.82, 2.24) is 0 Å². The normalized spacial score (nSPS) is 12.4. The van der Waals surface area contributed by atoms with Crippen LogP contribution < -0.4 is 4.74 Å². The van der Waals surface area contributed by atoms with Crippen molar-refractivity contribution in [2.45, 2.75) is 26.8 Å². The van der Waals surface area contributed by atoms with Gasteiger partial charge in [-0.05, 0) is 31.5 Å². The Bertz CT molecular complexity index is 1040. The molecule has 2 aromatic rings. The van der Waals surface area contributed by atoms with Gasteiger partial charge in [0.1, 0.15) is 25.3 Å². The van der Waals surface area contributed by atoms with Crippen LogP contribution in [0.5, 0.6) is 5.75 Å². The van der Waals surface area contributed by atoms with Gasteiger partial charge in [-0.3, -0.25) is 0 Å². The van der Waals surface area contributed by atoms with Gasteiger partial charge in [0.2, 0.25) is 0 Å². The van der Waals surface area contributed by atoms with Crippen molar-refractivity contribution in [3.8, 4) is 5.75 Å². The highest BCUT2D eigenvalue weighted by atomic mass is 19.4. The number of carbonyl (C=O) groups is 1.